The van der Waals surface area contributed by atoms with E-state index >= 15 is 0 Å². The number of amides is 1. The number of esters is 1. The van der Waals surface area contributed by atoms with E-state index in [4.69, 9.17) is 16.3 Å². The average Bonchev–Trinajstić information content (AvgIpc) is 2.50. The maximum absolute atomic E-state index is 13.0. The molecule has 2 rings (SSSR count). The summed E-state index contributed by atoms with van der Waals surface area (Å²) in [6.45, 7) is 1.43. The summed E-state index contributed by atoms with van der Waals surface area (Å²) < 4.78 is 18.9. The number of anilines is 1. The van der Waals surface area contributed by atoms with Gasteiger partial charge < -0.3 is 10.1 Å². The molecule has 0 aliphatic heterocycles. The quantitative estimate of drug-likeness (QED) is 0.773. The van der Waals surface area contributed by atoms with Crippen LogP contribution in [0.25, 0.3) is 0 Å². The van der Waals surface area contributed by atoms with Crippen molar-refractivity contribution >= 4 is 45.1 Å². The largest absolute Gasteiger partial charge is 0.449 e. The first-order valence-electron chi connectivity index (χ1n) is 6.59. The standard InChI is InChI=1S/C16H12BrClFNO3/c1-9(23-16(22)10-2-4-11(17)5-3-10)15(21)20-14-7-6-12(19)8-13(14)18/h2-9H,1H3,(H,20,21)/t9-/m1/s1. The van der Waals surface area contributed by atoms with Crippen molar-refractivity contribution in [1.29, 1.82) is 0 Å². The number of rotatable bonds is 4. The molecule has 0 spiro atoms. The SMILES string of the molecule is C[C@@H](OC(=O)c1ccc(Br)cc1)C(=O)Nc1ccc(F)cc1Cl. The molecule has 0 heterocycles. The lowest BCUT2D eigenvalue weighted by Gasteiger charge is -2.14. The monoisotopic (exact) mass is 399 g/mol. The van der Waals surface area contributed by atoms with Crippen LogP contribution in [0.5, 0.6) is 0 Å². The molecule has 4 nitrogen and oxygen atoms in total. The van der Waals surface area contributed by atoms with E-state index < -0.39 is 23.8 Å². The van der Waals surface area contributed by atoms with Gasteiger partial charge in [-0.3, -0.25) is 4.79 Å². The van der Waals surface area contributed by atoms with Crippen LogP contribution in [0.15, 0.2) is 46.9 Å². The van der Waals surface area contributed by atoms with Crippen molar-refractivity contribution in [3.05, 3.63) is 63.3 Å². The van der Waals surface area contributed by atoms with Crippen LogP contribution >= 0.6 is 27.5 Å². The number of carbonyl (C=O) groups is 2. The highest BCUT2D eigenvalue weighted by Gasteiger charge is 2.19. The van der Waals surface area contributed by atoms with Crippen molar-refractivity contribution in [3.63, 3.8) is 0 Å². The summed E-state index contributed by atoms with van der Waals surface area (Å²) in [5, 5.41) is 2.54. The van der Waals surface area contributed by atoms with Gasteiger partial charge in [0.1, 0.15) is 5.82 Å². The third-order valence-electron chi connectivity index (χ3n) is 2.92. The highest BCUT2D eigenvalue weighted by Crippen LogP contribution is 2.22. The molecule has 0 unspecified atom stereocenters. The van der Waals surface area contributed by atoms with Crippen molar-refractivity contribution in [2.45, 2.75) is 13.0 Å². The van der Waals surface area contributed by atoms with Crippen LogP contribution in [-0.2, 0) is 9.53 Å². The Hall–Kier alpha value is -1.92. The zero-order valence-corrected chi connectivity index (χ0v) is 14.3. The van der Waals surface area contributed by atoms with Gasteiger partial charge in [-0.2, -0.15) is 0 Å². The Morgan fingerprint density at radius 1 is 1.22 bits per heavy atom. The molecule has 0 aliphatic rings. The molecule has 0 saturated carbocycles. The van der Waals surface area contributed by atoms with Crippen LogP contribution in [0, 0.1) is 5.82 Å². The van der Waals surface area contributed by atoms with Gasteiger partial charge in [-0.25, -0.2) is 9.18 Å². The van der Waals surface area contributed by atoms with Crippen LogP contribution in [0.3, 0.4) is 0 Å². The fourth-order valence-corrected chi connectivity index (χ4v) is 2.17. The molecule has 0 aliphatic carbocycles. The predicted molar refractivity (Wildman–Crippen MR) is 89.1 cm³/mol. The van der Waals surface area contributed by atoms with Gasteiger partial charge in [-0.1, -0.05) is 27.5 Å². The second-order valence-corrected chi connectivity index (χ2v) is 5.99. The molecule has 0 fully saturated rings. The van der Waals surface area contributed by atoms with Gasteiger partial charge in [-0.15, -0.1) is 0 Å². The molecule has 1 N–H and O–H groups in total. The minimum atomic E-state index is -1.03. The van der Waals surface area contributed by atoms with Crippen LogP contribution < -0.4 is 5.32 Å². The number of halogens is 3. The van der Waals surface area contributed by atoms with E-state index in [1.54, 1.807) is 24.3 Å². The number of nitrogens with one attached hydrogen (secondary N) is 1. The normalized spacial score (nSPS) is 11.7. The van der Waals surface area contributed by atoms with Crippen molar-refractivity contribution in [2.24, 2.45) is 0 Å². The van der Waals surface area contributed by atoms with Gasteiger partial charge in [0.15, 0.2) is 6.10 Å². The molecule has 120 valence electrons. The Morgan fingerprint density at radius 2 is 1.87 bits per heavy atom. The smallest absolute Gasteiger partial charge is 0.338 e. The number of benzene rings is 2. The molecule has 1 amide bonds. The Bertz CT molecular complexity index is 737. The molecule has 0 saturated heterocycles. The van der Waals surface area contributed by atoms with E-state index in [9.17, 15) is 14.0 Å². The molecule has 7 heteroatoms. The average molecular weight is 401 g/mol. The molecule has 23 heavy (non-hydrogen) atoms. The predicted octanol–water partition coefficient (Wildman–Crippen LogP) is 4.43. The Balaban J connectivity index is 1.99. The van der Waals surface area contributed by atoms with E-state index in [1.165, 1.54) is 19.1 Å². The number of carbonyl (C=O) groups excluding carboxylic acids is 2. The van der Waals surface area contributed by atoms with Gasteiger partial charge in [0, 0.05) is 4.47 Å². The van der Waals surface area contributed by atoms with Gasteiger partial charge in [0.2, 0.25) is 0 Å². The van der Waals surface area contributed by atoms with E-state index in [1.807, 2.05) is 0 Å². The third-order valence-corrected chi connectivity index (χ3v) is 3.76. The number of hydrogen-bond donors (Lipinski definition) is 1. The Morgan fingerprint density at radius 3 is 2.48 bits per heavy atom. The minimum absolute atomic E-state index is 0.0600. The maximum atomic E-state index is 13.0. The third kappa shape index (κ3) is 4.77. The Kier molecular flexibility index (Phi) is 5.74. The van der Waals surface area contributed by atoms with Gasteiger partial charge in [0.25, 0.3) is 5.91 Å². The lowest BCUT2D eigenvalue weighted by atomic mass is 10.2. The van der Waals surface area contributed by atoms with Crippen molar-refractivity contribution in [1.82, 2.24) is 0 Å². The second-order valence-electron chi connectivity index (χ2n) is 4.67. The van der Waals surface area contributed by atoms with E-state index in [0.29, 0.717) is 5.56 Å². The highest BCUT2D eigenvalue weighted by atomic mass is 79.9. The second kappa shape index (κ2) is 7.57. The summed E-state index contributed by atoms with van der Waals surface area (Å²) in [5.74, 6) is -1.70. The molecule has 0 aromatic heterocycles. The molecule has 2 aromatic carbocycles. The lowest BCUT2D eigenvalue weighted by molar-refractivity contribution is -0.123. The number of hydrogen-bond acceptors (Lipinski definition) is 3. The number of ether oxygens (including phenoxy) is 1. The van der Waals surface area contributed by atoms with Crippen molar-refractivity contribution in [2.75, 3.05) is 5.32 Å². The van der Waals surface area contributed by atoms with E-state index in [2.05, 4.69) is 21.2 Å². The molecular formula is C16H12BrClFNO3. The zero-order chi connectivity index (χ0) is 17.0. The first-order chi connectivity index (χ1) is 10.9. The first-order valence-corrected chi connectivity index (χ1v) is 7.76. The van der Waals surface area contributed by atoms with Crippen molar-refractivity contribution in [3.8, 4) is 0 Å². The molecule has 0 bridgehead atoms. The molecule has 1 atom stereocenters. The summed E-state index contributed by atoms with van der Waals surface area (Å²) >= 11 is 9.09. The van der Waals surface area contributed by atoms with Gasteiger partial charge in [-0.05, 0) is 49.4 Å². The fourth-order valence-electron chi connectivity index (χ4n) is 1.69. The minimum Gasteiger partial charge on any atom is -0.449 e. The summed E-state index contributed by atoms with van der Waals surface area (Å²) in [7, 11) is 0. The Labute approximate surface area is 145 Å². The summed E-state index contributed by atoms with van der Waals surface area (Å²) in [6.07, 6.45) is -1.03. The molecule has 2 aromatic rings. The van der Waals surface area contributed by atoms with Crippen LogP contribution in [0.2, 0.25) is 5.02 Å². The molecular weight excluding hydrogens is 389 g/mol. The maximum Gasteiger partial charge on any atom is 0.338 e. The first kappa shape index (κ1) is 17.4. The molecule has 0 radical (unpaired) electrons. The fraction of sp³-hybridized carbons (Fsp3) is 0.125. The van der Waals surface area contributed by atoms with Gasteiger partial charge >= 0.3 is 5.97 Å². The summed E-state index contributed by atoms with van der Waals surface area (Å²) in [5.41, 5.74) is 0.567. The lowest BCUT2D eigenvalue weighted by Crippen LogP contribution is -2.30. The van der Waals surface area contributed by atoms with Crippen LogP contribution in [-0.4, -0.2) is 18.0 Å². The summed E-state index contributed by atoms with van der Waals surface area (Å²) in [6, 6.07) is 10.1. The zero-order valence-electron chi connectivity index (χ0n) is 12.0. The van der Waals surface area contributed by atoms with Crippen LogP contribution in [0.4, 0.5) is 10.1 Å². The van der Waals surface area contributed by atoms with Crippen LogP contribution in [0.1, 0.15) is 17.3 Å². The van der Waals surface area contributed by atoms with Crippen molar-refractivity contribution < 1.29 is 18.7 Å². The van der Waals surface area contributed by atoms with Gasteiger partial charge in [0.05, 0.1) is 16.3 Å². The topological polar surface area (TPSA) is 55.4 Å². The highest BCUT2D eigenvalue weighted by molar-refractivity contribution is 9.10. The summed E-state index contributed by atoms with van der Waals surface area (Å²) in [4.78, 5) is 24.0. The van der Waals surface area contributed by atoms with E-state index in [-0.39, 0.29) is 10.7 Å². The van der Waals surface area contributed by atoms with E-state index in [0.717, 1.165) is 10.5 Å².